The van der Waals surface area contributed by atoms with Crippen molar-refractivity contribution < 1.29 is 23.1 Å². The number of nitrogen functional groups attached to an aromatic ring is 1. The predicted molar refractivity (Wildman–Crippen MR) is 135 cm³/mol. The molecule has 0 radical (unpaired) electrons. The zero-order valence-corrected chi connectivity index (χ0v) is 21.9. The minimum Gasteiger partial charge on any atom is -0.465 e. The third-order valence-corrected chi connectivity index (χ3v) is 8.49. The number of amides is 2. The fraction of sp³-hybridized carbons (Fsp3) is 0.364. The van der Waals surface area contributed by atoms with Crippen LogP contribution in [0.2, 0.25) is 5.02 Å². The number of nitrogens with one attached hydrogen (secondary N) is 1. The van der Waals surface area contributed by atoms with Crippen molar-refractivity contribution in [1.29, 1.82) is 0 Å². The molecule has 1 fully saturated rings. The average molecular weight is 574 g/mol. The fourth-order valence-corrected chi connectivity index (χ4v) is 5.65. The van der Waals surface area contributed by atoms with E-state index in [1.54, 1.807) is 12.1 Å². The summed E-state index contributed by atoms with van der Waals surface area (Å²) >= 11 is 9.60. The van der Waals surface area contributed by atoms with E-state index in [-0.39, 0.29) is 33.6 Å². The van der Waals surface area contributed by atoms with Crippen molar-refractivity contribution in [2.24, 2.45) is 0 Å². The Morgan fingerprint density at radius 3 is 2.68 bits per heavy atom. The molecular formula is C22H26BrClN4O5S. The molecule has 0 unspecified atom stereocenters. The first-order valence-electron chi connectivity index (χ1n) is 10.5. The average Bonchev–Trinajstić information content (AvgIpc) is 3.20. The third-order valence-electron chi connectivity index (χ3n) is 5.74. The van der Waals surface area contributed by atoms with Crippen LogP contribution in [-0.4, -0.2) is 62.4 Å². The van der Waals surface area contributed by atoms with Crippen LogP contribution in [0.15, 0.2) is 39.7 Å². The van der Waals surface area contributed by atoms with Crippen LogP contribution in [0.5, 0.6) is 0 Å². The monoisotopic (exact) mass is 572 g/mol. The molecule has 2 amide bonds. The molecule has 184 valence electrons. The lowest BCUT2D eigenvalue weighted by molar-refractivity contribution is 0.0993. The molecule has 9 nitrogen and oxygen atoms in total. The van der Waals surface area contributed by atoms with Crippen molar-refractivity contribution in [2.45, 2.75) is 30.8 Å². The standard InChI is InChI=1S/C22H26BrClN4O5S/c1-3-34(32,33)20-5-4-14(24)9-19(20)27(2)21(29)16-10-17(23)13(8-18(16)25)11-28-7-6-15(12-28)26-22(30)31/h4-5,8-10,15,26H,3,6-7,11-12,25H2,1-2H3,(H,30,31)/t15-/m1/s1. The molecular weight excluding hydrogens is 548 g/mol. The first-order valence-corrected chi connectivity index (χ1v) is 13.3. The van der Waals surface area contributed by atoms with E-state index in [0.717, 1.165) is 12.1 Å². The van der Waals surface area contributed by atoms with Crippen LogP contribution in [0.1, 0.15) is 29.3 Å². The number of nitrogens with two attached hydrogens (primary N) is 1. The number of nitrogens with zero attached hydrogens (tertiary/aromatic N) is 2. The Kier molecular flexibility index (Phi) is 8.12. The van der Waals surface area contributed by atoms with E-state index in [1.807, 2.05) is 0 Å². The molecule has 3 rings (SSSR count). The van der Waals surface area contributed by atoms with Crippen LogP contribution in [0, 0.1) is 0 Å². The Morgan fingerprint density at radius 2 is 2.03 bits per heavy atom. The van der Waals surface area contributed by atoms with E-state index in [4.69, 9.17) is 22.4 Å². The second-order valence-corrected chi connectivity index (χ2v) is 11.6. The van der Waals surface area contributed by atoms with Crippen LogP contribution in [0.25, 0.3) is 0 Å². The lowest BCUT2D eigenvalue weighted by Crippen LogP contribution is -2.35. The van der Waals surface area contributed by atoms with Gasteiger partial charge in [-0.25, -0.2) is 13.2 Å². The number of carbonyl (C=O) groups excluding carboxylic acids is 1. The minimum absolute atomic E-state index is 0.0167. The Morgan fingerprint density at radius 1 is 1.32 bits per heavy atom. The van der Waals surface area contributed by atoms with Crippen molar-refractivity contribution >= 4 is 60.7 Å². The van der Waals surface area contributed by atoms with Gasteiger partial charge in [-0.3, -0.25) is 9.69 Å². The molecule has 1 saturated heterocycles. The predicted octanol–water partition coefficient (Wildman–Crippen LogP) is 3.60. The summed E-state index contributed by atoms with van der Waals surface area (Å²) in [7, 11) is -2.12. The zero-order valence-electron chi connectivity index (χ0n) is 18.7. The van der Waals surface area contributed by atoms with E-state index in [2.05, 4.69) is 26.1 Å². The first kappa shape index (κ1) is 26.3. The lowest BCUT2D eigenvalue weighted by atomic mass is 10.1. The highest BCUT2D eigenvalue weighted by atomic mass is 79.9. The molecule has 4 N–H and O–H groups in total. The summed E-state index contributed by atoms with van der Waals surface area (Å²) in [6, 6.07) is 7.49. The lowest BCUT2D eigenvalue weighted by Gasteiger charge is -2.23. The van der Waals surface area contributed by atoms with Crippen LogP contribution in [0.3, 0.4) is 0 Å². The summed E-state index contributed by atoms with van der Waals surface area (Å²) in [4.78, 5) is 27.5. The number of likely N-dealkylation sites (tertiary alicyclic amines) is 1. The van der Waals surface area contributed by atoms with E-state index in [0.29, 0.717) is 29.0 Å². The van der Waals surface area contributed by atoms with Crippen molar-refractivity contribution in [3.63, 3.8) is 0 Å². The van der Waals surface area contributed by atoms with Gasteiger partial charge in [-0.1, -0.05) is 34.5 Å². The highest BCUT2D eigenvalue weighted by Crippen LogP contribution is 2.32. The van der Waals surface area contributed by atoms with Gasteiger partial charge >= 0.3 is 6.09 Å². The Hall–Kier alpha value is -2.34. The zero-order chi connectivity index (χ0) is 25.2. The van der Waals surface area contributed by atoms with Crippen LogP contribution in [0.4, 0.5) is 16.2 Å². The number of rotatable bonds is 7. The van der Waals surface area contributed by atoms with Crippen molar-refractivity contribution in [2.75, 3.05) is 36.5 Å². The summed E-state index contributed by atoms with van der Waals surface area (Å²) in [5.74, 6) is -0.600. The van der Waals surface area contributed by atoms with Crippen LogP contribution in [-0.2, 0) is 16.4 Å². The molecule has 0 bridgehead atoms. The number of anilines is 2. The Labute approximate surface area is 211 Å². The summed E-state index contributed by atoms with van der Waals surface area (Å²) in [6.45, 7) is 3.36. The molecule has 12 heteroatoms. The van der Waals surface area contributed by atoms with Gasteiger partial charge in [-0.05, 0) is 42.3 Å². The highest BCUT2D eigenvalue weighted by molar-refractivity contribution is 9.10. The number of carbonyl (C=O) groups is 2. The molecule has 0 spiro atoms. The van der Waals surface area contributed by atoms with Gasteiger partial charge in [0.15, 0.2) is 9.84 Å². The molecule has 0 aliphatic carbocycles. The van der Waals surface area contributed by atoms with Crippen LogP contribution >= 0.6 is 27.5 Å². The molecule has 1 atom stereocenters. The van der Waals surface area contributed by atoms with Crippen molar-refractivity contribution in [3.8, 4) is 0 Å². The second kappa shape index (κ2) is 10.5. The van der Waals surface area contributed by atoms with Gasteiger partial charge in [0.1, 0.15) is 0 Å². The van der Waals surface area contributed by atoms with Crippen molar-refractivity contribution in [3.05, 3.63) is 51.0 Å². The van der Waals surface area contributed by atoms with Gasteiger partial charge in [-0.2, -0.15) is 0 Å². The molecule has 2 aromatic rings. The number of benzene rings is 2. The number of carboxylic acid groups (broad SMARTS) is 1. The molecule has 0 saturated carbocycles. The minimum atomic E-state index is -3.60. The molecule has 1 aliphatic rings. The van der Waals surface area contributed by atoms with Gasteiger partial charge in [0.2, 0.25) is 0 Å². The number of sulfone groups is 1. The molecule has 2 aromatic carbocycles. The first-order chi connectivity index (χ1) is 15.9. The second-order valence-electron chi connectivity index (χ2n) is 8.08. The van der Waals surface area contributed by atoms with Crippen molar-refractivity contribution in [1.82, 2.24) is 10.2 Å². The van der Waals surface area contributed by atoms with Gasteiger partial charge in [-0.15, -0.1) is 0 Å². The van der Waals surface area contributed by atoms with E-state index < -0.39 is 21.8 Å². The molecule has 34 heavy (non-hydrogen) atoms. The quantitative estimate of drug-likeness (QED) is 0.431. The summed E-state index contributed by atoms with van der Waals surface area (Å²) in [5.41, 5.74) is 7.72. The highest BCUT2D eigenvalue weighted by Gasteiger charge is 2.27. The Balaban J connectivity index is 1.85. The van der Waals surface area contributed by atoms with Gasteiger partial charge in [0.05, 0.1) is 21.9 Å². The summed E-state index contributed by atoms with van der Waals surface area (Å²) < 4.78 is 25.8. The molecule has 1 aliphatic heterocycles. The van der Waals surface area contributed by atoms with E-state index in [9.17, 15) is 18.0 Å². The number of halogens is 2. The molecule has 1 heterocycles. The smallest absolute Gasteiger partial charge is 0.404 e. The topological polar surface area (TPSA) is 133 Å². The largest absolute Gasteiger partial charge is 0.465 e. The van der Waals surface area contributed by atoms with Gasteiger partial charge < -0.3 is 21.1 Å². The maximum Gasteiger partial charge on any atom is 0.404 e. The maximum absolute atomic E-state index is 13.3. The maximum atomic E-state index is 13.3. The number of hydrogen-bond donors (Lipinski definition) is 3. The third kappa shape index (κ3) is 5.83. The summed E-state index contributed by atoms with van der Waals surface area (Å²) in [5, 5.41) is 11.7. The van der Waals surface area contributed by atoms with E-state index in [1.165, 1.54) is 37.1 Å². The normalized spacial score (nSPS) is 16.4. The van der Waals surface area contributed by atoms with Crippen LogP contribution < -0.4 is 16.0 Å². The Bertz CT molecular complexity index is 1220. The fourth-order valence-electron chi connectivity index (χ4n) is 3.91. The van der Waals surface area contributed by atoms with Gasteiger partial charge in [0.25, 0.3) is 5.91 Å². The van der Waals surface area contributed by atoms with Gasteiger partial charge in [0, 0.05) is 47.9 Å². The number of hydrogen-bond acceptors (Lipinski definition) is 6. The summed E-state index contributed by atoms with van der Waals surface area (Å²) in [6.07, 6.45) is -0.331. The molecule has 0 aromatic heterocycles. The SMILES string of the molecule is CCS(=O)(=O)c1ccc(Cl)cc1N(C)C(=O)c1cc(Br)c(CN2CC[C@@H](NC(=O)O)C2)cc1N. The van der Waals surface area contributed by atoms with E-state index >= 15 is 0 Å².